The van der Waals surface area contributed by atoms with Crippen LogP contribution in [-0.2, 0) is 14.3 Å². The number of para-hydroxylation sites is 2. The summed E-state index contributed by atoms with van der Waals surface area (Å²) in [5.74, 6) is -0.520. The Balaban J connectivity index is 2.53. The Morgan fingerprint density at radius 2 is 1.82 bits per heavy atom. The number of aryl methyl sites for hydroxylation is 1. The molecule has 0 fully saturated rings. The number of halogens is 1. The molecule has 3 N–H and O–H groups in total. The Bertz CT molecular complexity index is 1100. The van der Waals surface area contributed by atoms with E-state index < -0.39 is 35.6 Å². The molecule has 0 radical (unpaired) electrons. The second kappa shape index (κ2) is 14.3. The predicted octanol–water partition coefficient (Wildman–Crippen LogP) is 5.92. The van der Waals surface area contributed by atoms with Crippen LogP contribution in [0.1, 0.15) is 57.7 Å². The van der Waals surface area contributed by atoms with Crippen molar-refractivity contribution in [3.8, 4) is 5.75 Å². The minimum Gasteiger partial charge on any atom is -0.508 e. The van der Waals surface area contributed by atoms with Crippen LogP contribution in [0.5, 0.6) is 5.75 Å². The van der Waals surface area contributed by atoms with Crippen LogP contribution in [-0.4, -0.2) is 58.1 Å². The molecule has 0 bridgehead atoms. The van der Waals surface area contributed by atoms with Crippen molar-refractivity contribution in [1.29, 1.82) is 0 Å². The highest BCUT2D eigenvalue weighted by Crippen LogP contribution is 2.33. The van der Waals surface area contributed by atoms with E-state index in [-0.39, 0.29) is 17.9 Å². The number of nitrogens with one attached hydrogen (secondary N) is 2. The fourth-order valence-electron chi connectivity index (χ4n) is 3.90. The lowest BCUT2D eigenvalue weighted by Crippen LogP contribution is -2.52. The largest absolute Gasteiger partial charge is 0.508 e. The molecule has 2 aromatic rings. The lowest BCUT2D eigenvalue weighted by molar-refractivity contribution is -0.140. The number of nitrogens with zero attached hydrogens (tertiary/aromatic N) is 1. The summed E-state index contributed by atoms with van der Waals surface area (Å²) in [6.45, 7) is 9.13. The van der Waals surface area contributed by atoms with E-state index in [0.29, 0.717) is 29.3 Å². The van der Waals surface area contributed by atoms with Crippen LogP contribution in [0.4, 0.5) is 10.5 Å². The standard InChI is InChI=1S/C28H38ClN3O5S/c1-7-16-32(26(35)21(15-17-38-6)30-27(36)37-28(3,4)5)24(19-12-8-9-14-22(19)33)25(34)31-23-18(2)11-10-13-20(23)29/h8-14,21,24,33H,7,15-17H2,1-6H3,(H,30,36)(H,31,34). The predicted molar refractivity (Wildman–Crippen MR) is 154 cm³/mol. The molecule has 0 aliphatic rings. The third-order valence-corrected chi connectivity index (χ3v) is 6.57. The monoisotopic (exact) mass is 563 g/mol. The zero-order valence-corrected chi connectivity index (χ0v) is 24.4. The molecule has 2 rings (SSSR count). The number of hydrogen-bond donors (Lipinski definition) is 3. The van der Waals surface area contributed by atoms with Gasteiger partial charge in [0.1, 0.15) is 23.4 Å². The highest BCUT2D eigenvalue weighted by molar-refractivity contribution is 7.98. The number of carbonyl (C=O) groups is 3. The molecule has 0 saturated heterocycles. The van der Waals surface area contributed by atoms with Crippen LogP contribution in [0.25, 0.3) is 0 Å². The van der Waals surface area contributed by atoms with Gasteiger partial charge in [-0.25, -0.2) is 4.79 Å². The van der Waals surface area contributed by atoms with Crippen LogP contribution < -0.4 is 10.6 Å². The summed E-state index contributed by atoms with van der Waals surface area (Å²) < 4.78 is 5.39. The molecule has 38 heavy (non-hydrogen) atoms. The third-order valence-electron chi connectivity index (χ3n) is 5.61. The van der Waals surface area contributed by atoms with E-state index in [4.69, 9.17) is 16.3 Å². The number of rotatable bonds is 11. The van der Waals surface area contributed by atoms with Gasteiger partial charge in [-0.15, -0.1) is 0 Å². The van der Waals surface area contributed by atoms with Gasteiger partial charge in [-0.1, -0.05) is 48.9 Å². The first kappa shape index (κ1) is 31.3. The molecule has 2 aromatic carbocycles. The Morgan fingerprint density at radius 1 is 1.13 bits per heavy atom. The smallest absolute Gasteiger partial charge is 0.408 e. The molecule has 3 amide bonds. The van der Waals surface area contributed by atoms with Crippen LogP contribution >= 0.6 is 23.4 Å². The summed E-state index contributed by atoms with van der Waals surface area (Å²) in [6.07, 6.45) is 2.06. The van der Waals surface area contributed by atoms with Gasteiger partial charge in [0.2, 0.25) is 5.91 Å². The van der Waals surface area contributed by atoms with E-state index in [9.17, 15) is 19.5 Å². The van der Waals surface area contributed by atoms with Crippen LogP contribution in [0.15, 0.2) is 42.5 Å². The number of phenolic OH excluding ortho intramolecular Hbond substituents is 1. The van der Waals surface area contributed by atoms with Gasteiger partial charge in [-0.3, -0.25) is 9.59 Å². The molecular formula is C28H38ClN3O5S. The molecular weight excluding hydrogens is 526 g/mol. The number of hydrogen-bond acceptors (Lipinski definition) is 6. The first-order valence-electron chi connectivity index (χ1n) is 12.5. The van der Waals surface area contributed by atoms with Crippen molar-refractivity contribution in [3.05, 3.63) is 58.6 Å². The number of aromatic hydroxyl groups is 1. The zero-order valence-electron chi connectivity index (χ0n) is 22.8. The normalized spacial score (nSPS) is 12.8. The van der Waals surface area contributed by atoms with E-state index >= 15 is 0 Å². The molecule has 10 heteroatoms. The maximum Gasteiger partial charge on any atom is 0.408 e. The summed E-state index contributed by atoms with van der Waals surface area (Å²) in [7, 11) is 0. The van der Waals surface area contributed by atoms with E-state index in [2.05, 4.69) is 10.6 Å². The highest BCUT2D eigenvalue weighted by atomic mass is 35.5. The average molecular weight is 564 g/mol. The van der Waals surface area contributed by atoms with Crippen molar-refractivity contribution >= 4 is 47.0 Å². The number of thioether (sulfide) groups is 1. The van der Waals surface area contributed by atoms with Crippen molar-refractivity contribution in [3.63, 3.8) is 0 Å². The number of carbonyl (C=O) groups excluding carboxylic acids is 3. The fraction of sp³-hybridized carbons (Fsp3) is 0.464. The first-order chi connectivity index (χ1) is 17.9. The zero-order chi connectivity index (χ0) is 28.5. The molecule has 8 nitrogen and oxygen atoms in total. The molecule has 0 saturated carbocycles. The van der Waals surface area contributed by atoms with E-state index in [1.807, 2.05) is 26.2 Å². The van der Waals surface area contributed by atoms with Crippen molar-refractivity contribution in [2.45, 2.75) is 65.1 Å². The lowest BCUT2D eigenvalue weighted by Gasteiger charge is -2.34. The quantitative estimate of drug-likeness (QED) is 0.313. The SMILES string of the molecule is CCCN(C(=O)C(CCSC)NC(=O)OC(C)(C)C)C(C(=O)Nc1c(C)cccc1Cl)c1ccccc1O. The maximum atomic E-state index is 14.0. The van der Waals surface area contributed by atoms with Gasteiger partial charge >= 0.3 is 6.09 Å². The first-order valence-corrected chi connectivity index (χ1v) is 14.3. The second-order valence-corrected chi connectivity index (χ2v) is 11.3. The van der Waals surface area contributed by atoms with Crippen molar-refractivity contribution in [1.82, 2.24) is 10.2 Å². The molecule has 0 aliphatic heterocycles. The number of ether oxygens (including phenoxy) is 1. The second-order valence-electron chi connectivity index (χ2n) is 9.89. The number of anilines is 1. The van der Waals surface area contributed by atoms with Gasteiger partial charge in [0.25, 0.3) is 5.91 Å². The fourth-order valence-corrected chi connectivity index (χ4v) is 4.64. The summed E-state index contributed by atoms with van der Waals surface area (Å²) >= 11 is 7.90. The number of alkyl carbamates (subject to hydrolysis) is 1. The Morgan fingerprint density at radius 3 is 2.39 bits per heavy atom. The summed E-state index contributed by atoms with van der Waals surface area (Å²) in [4.78, 5) is 41.9. The Kier molecular flexibility index (Phi) is 11.8. The Hall–Kier alpha value is -2.91. The summed E-state index contributed by atoms with van der Waals surface area (Å²) in [5, 5.41) is 16.6. The molecule has 2 atom stereocenters. The topological polar surface area (TPSA) is 108 Å². The highest BCUT2D eigenvalue weighted by Gasteiger charge is 2.37. The van der Waals surface area contributed by atoms with E-state index in [0.717, 1.165) is 5.56 Å². The number of amides is 3. The van der Waals surface area contributed by atoms with Crippen LogP contribution in [0.2, 0.25) is 5.02 Å². The number of benzene rings is 2. The van der Waals surface area contributed by atoms with Gasteiger partial charge in [-0.05, 0) is 70.2 Å². The molecule has 0 heterocycles. The minimum absolute atomic E-state index is 0.127. The lowest BCUT2D eigenvalue weighted by atomic mass is 10.0. The average Bonchev–Trinajstić information content (AvgIpc) is 2.83. The Labute approximate surface area is 234 Å². The van der Waals surface area contributed by atoms with Gasteiger partial charge in [0.05, 0.1) is 10.7 Å². The van der Waals surface area contributed by atoms with E-state index in [1.165, 1.54) is 22.7 Å². The molecule has 2 unspecified atom stereocenters. The van der Waals surface area contributed by atoms with Crippen molar-refractivity contribution < 1.29 is 24.2 Å². The maximum absolute atomic E-state index is 14.0. The third kappa shape index (κ3) is 8.84. The molecule has 0 spiro atoms. The van der Waals surface area contributed by atoms with E-state index in [1.54, 1.807) is 51.1 Å². The van der Waals surface area contributed by atoms with Crippen molar-refractivity contribution in [2.24, 2.45) is 0 Å². The molecule has 0 aromatic heterocycles. The van der Waals surface area contributed by atoms with Gasteiger partial charge in [0.15, 0.2) is 0 Å². The molecule has 208 valence electrons. The van der Waals surface area contributed by atoms with Gasteiger partial charge < -0.3 is 25.4 Å². The minimum atomic E-state index is -1.18. The van der Waals surface area contributed by atoms with Gasteiger partial charge in [-0.2, -0.15) is 11.8 Å². The number of phenols is 1. The summed E-state index contributed by atoms with van der Waals surface area (Å²) in [5.41, 5.74) is 0.692. The van der Waals surface area contributed by atoms with Crippen LogP contribution in [0.3, 0.4) is 0 Å². The molecule has 0 aliphatic carbocycles. The van der Waals surface area contributed by atoms with Gasteiger partial charge in [0, 0.05) is 12.1 Å². The van der Waals surface area contributed by atoms with Crippen LogP contribution in [0, 0.1) is 6.92 Å². The van der Waals surface area contributed by atoms with Crippen molar-refractivity contribution in [2.75, 3.05) is 23.9 Å². The summed E-state index contributed by atoms with van der Waals surface area (Å²) in [6, 6.07) is 9.54.